The molecular weight excluding hydrogens is 282 g/mol. The number of thiophene rings is 1. The molecular formula is C13H22BrNS. The zero-order chi connectivity index (χ0) is 12.3. The Morgan fingerprint density at radius 2 is 2.00 bits per heavy atom. The van der Waals surface area contributed by atoms with Gasteiger partial charge in [-0.3, -0.25) is 0 Å². The topological polar surface area (TPSA) is 12.0 Å². The number of rotatable bonds is 5. The van der Waals surface area contributed by atoms with Gasteiger partial charge in [0, 0.05) is 20.3 Å². The second-order valence-corrected chi connectivity index (χ2v) is 6.85. The summed E-state index contributed by atoms with van der Waals surface area (Å²) in [5.74, 6) is 1.34. The van der Waals surface area contributed by atoms with E-state index in [0.29, 0.717) is 17.9 Å². The first-order chi connectivity index (χ1) is 7.47. The molecule has 0 spiro atoms. The van der Waals surface area contributed by atoms with E-state index in [-0.39, 0.29) is 0 Å². The van der Waals surface area contributed by atoms with Crippen LogP contribution in [-0.4, -0.2) is 6.54 Å². The van der Waals surface area contributed by atoms with Crippen LogP contribution in [-0.2, 0) is 0 Å². The van der Waals surface area contributed by atoms with E-state index in [4.69, 9.17) is 0 Å². The van der Waals surface area contributed by atoms with E-state index in [9.17, 15) is 0 Å². The summed E-state index contributed by atoms with van der Waals surface area (Å²) in [5, 5.41) is 3.61. The quantitative estimate of drug-likeness (QED) is 0.827. The molecule has 2 atom stereocenters. The van der Waals surface area contributed by atoms with Crippen molar-refractivity contribution < 1.29 is 0 Å². The van der Waals surface area contributed by atoms with E-state index < -0.39 is 0 Å². The molecule has 3 heteroatoms. The van der Waals surface area contributed by atoms with E-state index >= 15 is 0 Å². The fourth-order valence-electron chi connectivity index (χ4n) is 1.84. The zero-order valence-corrected chi connectivity index (χ0v) is 13.2. The van der Waals surface area contributed by atoms with Gasteiger partial charge in [0.2, 0.25) is 0 Å². The lowest BCUT2D eigenvalue weighted by molar-refractivity contribution is 0.310. The monoisotopic (exact) mass is 303 g/mol. The van der Waals surface area contributed by atoms with Crippen molar-refractivity contribution in [3.63, 3.8) is 0 Å². The molecule has 0 radical (unpaired) electrons. The van der Waals surface area contributed by atoms with Gasteiger partial charge in [0.15, 0.2) is 0 Å². The first kappa shape index (κ1) is 14.2. The van der Waals surface area contributed by atoms with E-state index in [1.54, 1.807) is 0 Å². The first-order valence-electron chi connectivity index (χ1n) is 5.96. The van der Waals surface area contributed by atoms with E-state index in [2.05, 4.69) is 61.9 Å². The predicted molar refractivity (Wildman–Crippen MR) is 77.2 cm³/mol. The zero-order valence-electron chi connectivity index (χ0n) is 10.8. The highest BCUT2D eigenvalue weighted by atomic mass is 79.9. The van der Waals surface area contributed by atoms with Crippen molar-refractivity contribution in [2.24, 2.45) is 11.8 Å². The molecule has 0 fully saturated rings. The Labute approximate surface area is 112 Å². The van der Waals surface area contributed by atoms with Gasteiger partial charge < -0.3 is 5.32 Å². The second kappa shape index (κ2) is 6.18. The van der Waals surface area contributed by atoms with Crippen LogP contribution in [0.4, 0.5) is 0 Å². The average Bonchev–Trinajstić information content (AvgIpc) is 2.53. The number of halogens is 1. The predicted octanol–water partition coefficient (Wildman–Crippen LogP) is 4.76. The van der Waals surface area contributed by atoms with Crippen LogP contribution in [0.25, 0.3) is 0 Å². The molecule has 1 aromatic heterocycles. The summed E-state index contributed by atoms with van der Waals surface area (Å²) in [4.78, 5) is 2.82. The Morgan fingerprint density at radius 3 is 2.38 bits per heavy atom. The Bertz CT molecular complexity index is 333. The van der Waals surface area contributed by atoms with Gasteiger partial charge in [-0.1, -0.05) is 27.7 Å². The van der Waals surface area contributed by atoms with Crippen molar-refractivity contribution in [3.8, 4) is 0 Å². The van der Waals surface area contributed by atoms with Crippen molar-refractivity contribution in [1.82, 2.24) is 5.32 Å². The van der Waals surface area contributed by atoms with Crippen LogP contribution >= 0.6 is 27.3 Å². The minimum Gasteiger partial charge on any atom is -0.309 e. The highest BCUT2D eigenvalue weighted by molar-refractivity contribution is 9.10. The maximum Gasteiger partial charge on any atom is 0.0454 e. The van der Waals surface area contributed by atoms with Crippen molar-refractivity contribution in [2.75, 3.05) is 6.54 Å². The third kappa shape index (κ3) is 3.31. The molecule has 0 aliphatic rings. The van der Waals surface area contributed by atoms with Gasteiger partial charge in [-0.15, -0.1) is 11.3 Å². The number of hydrogen-bond acceptors (Lipinski definition) is 2. The molecule has 0 aliphatic carbocycles. The molecule has 1 aromatic rings. The van der Waals surface area contributed by atoms with Gasteiger partial charge in [-0.25, -0.2) is 0 Å². The molecule has 0 saturated heterocycles. The summed E-state index contributed by atoms with van der Waals surface area (Å²) in [6.07, 6.45) is 0. The average molecular weight is 304 g/mol. The van der Waals surface area contributed by atoms with Crippen LogP contribution in [0, 0.1) is 18.8 Å². The molecule has 0 amide bonds. The first-order valence-corrected chi connectivity index (χ1v) is 7.57. The van der Waals surface area contributed by atoms with E-state index in [1.807, 2.05) is 11.3 Å². The van der Waals surface area contributed by atoms with Crippen molar-refractivity contribution in [1.29, 1.82) is 0 Å². The smallest absolute Gasteiger partial charge is 0.0454 e. The van der Waals surface area contributed by atoms with E-state index in [1.165, 1.54) is 14.2 Å². The lowest BCUT2D eigenvalue weighted by Crippen LogP contribution is -2.29. The second-order valence-electron chi connectivity index (χ2n) is 4.71. The normalized spacial score (nSPS) is 15.4. The fraction of sp³-hybridized carbons (Fsp3) is 0.692. The fourth-order valence-corrected chi connectivity index (χ4v) is 3.92. The molecule has 1 nitrogen and oxygen atoms in total. The lowest BCUT2D eigenvalue weighted by Gasteiger charge is -2.27. The van der Waals surface area contributed by atoms with Crippen molar-refractivity contribution >= 4 is 27.3 Å². The molecule has 0 aromatic carbocycles. The maximum atomic E-state index is 3.68. The molecule has 2 unspecified atom stereocenters. The van der Waals surface area contributed by atoms with Crippen LogP contribution < -0.4 is 5.32 Å². The van der Waals surface area contributed by atoms with E-state index in [0.717, 1.165) is 6.54 Å². The summed E-state index contributed by atoms with van der Waals surface area (Å²) in [6.45, 7) is 12.3. The highest BCUT2D eigenvalue weighted by Gasteiger charge is 2.24. The van der Waals surface area contributed by atoms with Crippen LogP contribution in [0.2, 0.25) is 0 Å². The van der Waals surface area contributed by atoms with Gasteiger partial charge in [-0.2, -0.15) is 0 Å². The molecule has 1 rings (SSSR count). The third-order valence-electron chi connectivity index (χ3n) is 3.12. The SMILES string of the molecule is CCNC(c1sc(C)cc1Br)C(C)C(C)C. The Hall–Kier alpha value is 0.140. The van der Waals surface area contributed by atoms with Crippen LogP contribution in [0.5, 0.6) is 0 Å². The summed E-state index contributed by atoms with van der Waals surface area (Å²) in [7, 11) is 0. The number of aryl methyl sites for hydroxylation is 1. The molecule has 1 N–H and O–H groups in total. The number of nitrogens with one attached hydrogen (secondary N) is 1. The molecule has 0 saturated carbocycles. The summed E-state index contributed by atoms with van der Waals surface area (Å²) in [5.41, 5.74) is 0. The maximum absolute atomic E-state index is 3.68. The van der Waals surface area contributed by atoms with Gasteiger partial charge in [0.05, 0.1) is 0 Å². The summed E-state index contributed by atoms with van der Waals surface area (Å²) >= 11 is 5.57. The standard InChI is InChI=1S/C13H22BrNS/c1-6-15-12(10(5)8(2)3)13-11(14)7-9(4)16-13/h7-8,10,12,15H,6H2,1-5H3. The molecule has 16 heavy (non-hydrogen) atoms. The van der Waals surface area contributed by atoms with Crippen LogP contribution in [0.3, 0.4) is 0 Å². The van der Waals surface area contributed by atoms with Crippen molar-refractivity contribution in [3.05, 3.63) is 20.3 Å². The lowest BCUT2D eigenvalue weighted by atomic mass is 9.89. The van der Waals surface area contributed by atoms with Gasteiger partial charge >= 0.3 is 0 Å². The molecule has 0 aliphatic heterocycles. The van der Waals surface area contributed by atoms with Gasteiger partial charge in [0.25, 0.3) is 0 Å². The Kier molecular flexibility index (Phi) is 5.48. The summed E-state index contributed by atoms with van der Waals surface area (Å²) in [6, 6.07) is 2.69. The minimum atomic E-state index is 0.470. The van der Waals surface area contributed by atoms with Crippen LogP contribution in [0.15, 0.2) is 10.5 Å². The van der Waals surface area contributed by atoms with Gasteiger partial charge in [0.1, 0.15) is 0 Å². The summed E-state index contributed by atoms with van der Waals surface area (Å²) < 4.78 is 1.26. The Morgan fingerprint density at radius 1 is 1.38 bits per heavy atom. The molecule has 0 bridgehead atoms. The van der Waals surface area contributed by atoms with Gasteiger partial charge in [-0.05, 0) is 47.3 Å². The third-order valence-corrected chi connectivity index (χ3v) is 5.17. The Balaban J connectivity index is 2.97. The largest absolute Gasteiger partial charge is 0.309 e. The van der Waals surface area contributed by atoms with Crippen LogP contribution in [0.1, 0.15) is 43.5 Å². The van der Waals surface area contributed by atoms with Crippen molar-refractivity contribution in [2.45, 2.75) is 40.7 Å². The number of hydrogen-bond donors (Lipinski definition) is 1. The molecule has 1 heterocycles. The minimum absolute atomic E-state index is 0.470. The highest BCUT2D eigenvalue weighted by Crippen LogP contribution is 2.37. The molecule has 92 valence electrons.